The molecule has 2 saturated heterocycles. The second-order valence-corrected chi connectivity index (χ2v) is 9.66. The van der Waals surface area contributed by atoms with Crippen molar-refractivity contribution in [2.45, 2.75) is 37.8 Å². The molecule has 0 aliphatic carbocycles. The number of thiophene rings is 1. The molecule has 2 amide bonds. The van der Waals surface area contributed by atoms with Gasteiger partial charge in [0.05, 0.1) is 21.9 Å². The molecule has 3 rings (SSSR count). The molecule has 0 unspecified atom stereocenters. The third-order valence-corrected chi connectivity index (χ3v) is 7.24. The van der Waals surface area contributed by atoms with Crippen molar-refractivity contribution in [2.24, 2.45) is 0 Å². The smallest absolute Gasteiger partial charge is 0.264 e. The number of sulfone groups is 1. The van der Waals surface area contributed by atoms with Crippen LogP contribution in [0.15, 0.2) is 17.5 Å². The van der Waals surface area contributed by atoms with Crippen LogP contribution in [0.3, 0.4) is 0 Å². The van der Waals surface area contributed by atoms with Crippen molar-refractivity contribution in [3.8, 4) is 0 Å². The Bertz CT molecular complexity index is 714. The second kappa shape index (κ2) is 5.90. The lowest BCUT2D eigenvalue weighted by molar-refractivity contribution is -0.126. The molecule has 3 heterocycles. The average molecular weight is 356 g/mol. The summed E-state index contributed by atoms with van der Waals surface area (Å²) in [7, 11) is -3.08. The van der Waals surface area contributed by atoms with Gasteiger partial charge in [-0.15, -0.1) is 11.3 Å². The minimum Gasteiger partial charge on any atom is -0.348 e. The van der Waals surface area contributed by atoms with E-state index in [1.165, 1.54) is 11.3 Å². The molecule has 6 nitrogen and oxygen atoms in total. The number of rotatable bonds is 3. The number of carbonyl (C=O) groups is 2. The Morgan fingerprint density at radius 2 is 2.22 bits per heavy atom. The highest BCUT2D eigenvalue weighted by Gasteiger charge is 2.42. The molecule has 0 spiro atoms. The summed E-state index contributed by atoms with van der Waals surface area (Å²) < 4.78 is 23.3. The van der Waals surface area contributed by atoms with Crippen molar-refractivity contribution in [1.29, 1.82) is 0 Å². The first kappa shape index (κ1) is 16.4. The molecule has 1 N–H and O–H groups in total. The van der Waals surface area contributed by atoms with E-state index in [1.54, 1.807) is 17.9 Å². The van der Waals surface area contributed by atoms with Gasteiger partial charge in [-0.1, -0.05) is 6.07 Å². The lowest BCUT2D eigenvalue weighted by atomic mass is 10.0. The molecule has 8 heteroatoms. The van der Waals surface area contributed by atoms with E-state index < -0.39 is 21.4 Å². The van der Waals surface area contributed by atoms with Crippen LogP contribution in [0.1, 0.15) is 35.9 Å². The summed E-state index contributed by atoms with van der Waals surface area (Å²) in [6.45, 7) is 2.32. The Morgan fingerprint density at radius 3 is 2.83 bits per heavy atom. The lowest BCUT2D eigenvalue weighted by Crippen LogP contribution is -2.54. The van der Waals surface area contributed by atoms with E-state index in [0.29, 0.717) is 24.3 Å². The molecule has 23 heavy (non-hydrogen) atoms. The fraction of sp³-hybridized carbons (Fsp3) is 0.600. The van der Waals surface area contributed by atoms with Crippen LogP contribution in [-0.4, -0.2) is 54.8 Å². The van der Waals surface area contributed by atoms with Gasteiger partial charge in [-0.3, -0.25) is 9.59 Å². The first-order chi connectivity index (χ1) is 10.8. The van der Waals surface area contributed by atoms with Gasteiger partial charge in [-0.05, 0) is 37.6 Å². The van der Waals surface area contributed by atoms with Crippen molar-refractivity contribution in [1.82, 2.24) is 10.2 Å². The van der Waals surface area contributed by atoms with Crippen molar-refractivity contribution in [3.05, 3.63) is 22.4 Å². The number of nitrogens with one attached hydrogen (secondary N) is 1. The van der Waals surface area contributed by atoms with Crippen LogP contribution >= 0.6 is 11.3 Å². The normalized spacial score (nSPS) is 29.6. The molecule has 126 valence electrons. The number of likely N-dealkylation sites (tertiary alicyclic amines) is 1. The summed E-state index contributed by atoms with van der Waals surface area (Å²) in [5.41, 5.74) is -0.726. The molecule has 1 aromatic rings. The summed E-state index contributed by atoms with van der Waals surface area (Å²) in [5, 5.41) is 4.71. The SMILES string of the molecule is C[C@@]1(NC(=O)[C@H]2CCCN2C(=O)c2cccs2)CCS(=O)(=O)C1. The largest absolute Gasteiger partial charge is 0.348 e. The summed E-state index contributed by atoms with van der Waals surface area (Å²) in [5.74, 6) is -0.294. The van der Waals surface area contributed by atoms with Crippen LogP contribution in [0.2, 0.25) is 0 Å². The zero-order valence-corrected chi connectivity index (χ0v) is 14.6. The zero-order valence-electron chi connectivity index (χ0n) is 12.9. The highest BCUT2D eigenvalue weighted by molar-refractivity contribution is 7.91. The molecule has 2 atom stereocenters. The van der Waals surface area contributed by atoms with Crippen LogP contribution in [-0.2, 0) is 14.6 Å². The van der Waals surface area contributed by atoms with Gasteiger partial charge in [-0.25, -0.2) is 8.42 Å². The summed E-state index contributed by atoms with van der Waals surface area (Å²) in [6, 6.07) is 3.06. The van der Waals surface area contributed by atoms with Crippen LogP contribution < -0.4 is 5.32 Å². The first-order valence-corrected chi connectivity index (χ1v) is 10.4. The third kappa shape index (κ3) is 3.42. The van der Waals surface area contributed by atoms with Gasteiger partial charge in [-0.2, -0.15) is 0 Å². The highest BCUT2D eigenvalue weighted by atomic mass is 32.2. The van der Waals surface area contributed by atoms with E-state index in [-0.39, 0.29) is 23.3 Å². The standard InChI is InChI=1S/C15H20N2O4S2/c1-15(6-9-23(20,21)10-15)16-13(18)11-4-2-7-17(11)14(19)12-5-3-8-22-12/h3,5,8,11H,2,4,6-7,9-10H2,1H3,(H,16,18)/t11-,15-/m1/s1. The topological polar surface area (TPSA) is 83.6 Å². The van der Waals surface area contributed by atoms with E-state index in [0.717, 1.165) is 6.42 Å². The molecule has 1 aromatic heterocycles. The van der Waals surface area contributed by atoms with E-state index >= 15 is 0 Å². The molecular formula is C15H20N2O4S2. The van der Waals surface area contributed by atoms with E-state index in [1.807, 2.05) is 11.4 Å². The highest BCUT2D eigenvalue weighted by Crippen LogP contribution is 2.26. The Labute approximate surface area is 139 Å². The van der Waals surface area contributed by atoms with E-state index in [9.17, 15) is 18.0 Å². The maximum absolute atomic E-state index is 12.6. The minimum absolute atomic E-state index is 0.0304. The number of carbonyl (C=O) groups excluding carboxylic acids is 2. The molecule has 0 saturated carbocycles. The Morgan fingerprint density at radius 1 is 1.43 bits per heavy atom. The molecule has 2 aliphatic rings. The summed E-state index contributed by atoms with van der Waals surface area (Å²) >= 11 is 1.36. The van der Waals surface area contributed by atoms with Crippen molar-refractivity contribution in [2.75, 3.05) is 18.1 Å². The number of hydrogen-bond donors (Lipinski definition) is 1. The van der Waals surface area contributed by atoms with Gasteiger partial charge < -0.3 is 10.2 Å². The summed E-state index contributed by atoms with van der Waals surface area (Å²) in [4.78, 5) is 27.3. The first-order valence-electron chi connectivity index (χ1n) is 7.67. The maximum Gasteiger partial charge on any atom is 0.264 e. The maximum atomic E-state index is 12.6. The molecule has 0 radical (unpaired) electrons. The Hall–Kier alpha value is -1.41. The van der Waals surface area contributed by atoms with Gasteiger partial charge in [0.1, 0.15) is 6.04 Å². The molecule has 0 bridgehead atoms. The predicted molar refractivity (Wildman–Crippen MR) is 88.2 cm³/mol. The van der Waals surface area contributed by atoms with Gasteiger partial charge in [0.2, 0.25) is 5.91 Å². The second-order valence-electron chi connectivity index (χ2n) is 6.53. The van der Waals surface area contributed by atoms with Crippen LogP contribution in [0.4, 0.5) is 0 Å². The number of amides is 2. The van der Waals surface area contributed by atoms with Crippen LogP contribution in [0, 0.1) is 0 Å². The zero-order chi connectivity index (χ0) is 16.7. The van der Waals surface area contributed by atoms with Gasteiger partial charge in [0.25, 0.3) is 5.91 Å². The molecular weight excluding hydrogens is 336 g/mol. The fourth-order valence-corrected chi connectivity index (χ4v) is 6.09. The lowest BCUT2D eigenvalue weighted by Gasteiger charge is -2.29. The van der Waals surface area contributed by atoms with Crippen LogP contribution in [0.25, 0.3) is 0 Å². The minimum atomic E-state index is -3.08. The Balaban J connectivity index is 1.70. The van der Waals surface area contributed by atoms with Crippen molar-refractivity contribution < 1.29 is 18.0 Å². The van der Waals surface area contributed by atoms with E-state index in [2.05, 4.69) is 5.32 Å². The molecule has 0 aromatic carbocycles. The van der Waals surface area contributed by atoms with Gasteiger partial charge in [0.15, 0.2) is 9.84 Å². The molecule has 2 aliphatic heterocycles. The average Bonchev–Trinajstić information content (AvgIpc) is 3.18. The van der Waals surface area contributed by atoms with E-state index in [4.69, 9.17) is 0 Å². The van der Waals surface area contributed by atoms with Gasteiger partial charge in [0, 0.05) is 6.54 Å². The van der Waals surface area contributed by atoms with Crippen LogP contribution in [0.5, 0.6) is 0 Å². The number of nitrogens with zero attached hydrogens (tertiary/aromatic N) is 1. The third-order valence-electron chi connectivity index (χ3n) is 4.48. The van der Waals surface area contributed by atoms with Crippen molar-refractivity contribution >= 4 is 33.0 Å². The fourth-order valence-electron chi connectivity index (χ4n) is 3.31. The summed E-state index contributed by atoms with van der Waals surface area (Å²) in [6.07, 6.45) is 1.82. The van der Waals surface area contributed by atoms with Gasteiger partial charge >= 0.3 is 0 Å². The van der Waals surface area contributed by atoms with Crippen molar-refractivity contribution in [3.63, 3.8) is 0 Å². The predicted octanol–water partition coefficient (Wildman–Crippen LogP) is 1.05. The monoisotopic (exact) mass is 356 g/mol. The molecule has 2 fully saturated rings. The quantitative estimate of drug-likeness (QED) is 0.877. The Kier molecular flexibility index (Phi) is 4.22. The number of hydrogen-bond acceptors (Lipinski definition) is 5.